The molecule has 3 atom stereocenters. The van der Waals surface area contributed by atoms with Gasteiger partial charge in [0.25, 0.3) is 5.91 Å². The lowest BCUT2D eigenvalue weighted by molar-refractivity contribution is 0.0736. The summed E-state index contributed by atoms with van der Waals surface area (Å²) < 4.78 is 0. The van der Waals surface area contributed by atoms with Gasteiger partial charge in [-0.05, 0) is 36.0 Å². The van der Waals surface area contributed by atoms with Gasteiger partial charge in [-0.3, -0.25) is 4.79 Å². The number of anilines is 1. The van der Waals surface area contributed by atoms with E-state index in [9.17, 15) is 4.79 Å². The summed E-state index contributed by atoms with van der Waals surface area (Å²) in [5.74, 6) is 0.635. The van der Waals surface area contributed by atoms with Crippen molar-refractivity contribution in [2.24, 2.45) is 16.7 Å². The number of hydrogen-bond acceptors (Lipinski definition) is 5. The van der Waals surface area contributed by atoms with Crippen LogP contribution in [0.25, 0.3) is 0 Å². The molecule has 6 heteroatoms. The summed E-state index contributed by atoms with van der Waals surface area (Å²) >= 11 is 1.30. The van der Waals surface area contributed by atoms with E-state index in [0.717, 1.165) is 5.92 Å². The summed E-state index contributed by atoms with van der Waals surface area (Å²) in [5.41, 5.74) is 0.402. The first-order chi connectivity index (χ1) is 9.37. The fourth-order valence-corrected chi connectivity index (χ4v) is 4.87. The van der Waals surface area contributed by atoms with Crippen LogP contribution in [-0.4, -0.2) is 29.2 Å². The molecular formula is C14H22N4OS. The van der Waals surface area contributed by atoms with Crippen molar-refractivity contribution < 1.29 is 4.79 Å². The van der Waals surface area contributed by atoms with Gasteiger partial charge in [0.2, 0.25) is 10.1 Å². The Bertz CT molecular complexity index is 536. The Kier molecular flexibility index (Phi) is 3.04. The molecule has 0 saturated heterocycles. The molecule has 0 aliphatic heterocycles. The average molecular weight is 294 g/mol. The quantitative estimate of drug-likeness (QED) is 0.899. The molecule has 0 radical (unpaired) electrons. The van der Waals surface area contributed by atoms with Crippen LogP contribution in [0.3, 0.4) is 0 Å². The van der Waals surface area contributed by atoms with Gasteiger partial charge in [-0.25, -0.2) is 0 Å². The Morgan fingerprint density at radius 2 is 2.10 bits per heavy atom. The Balaban J connectivity index is 1.79. The van der Waals surface area contributed by atoms with Crippen LogP contribution < -0.4 is 10.6 Å². The van der Waals surface area contributed by atoms with Crippen LogP contribution in [-0.2, 0) is 0 Å². The number of hydrogen-bond donors (Lipinski definition) is 2. The van der Waals surface area contributed by atoms with E-state index in [4.69, 9.17) is 0 Å². The van der Waals surface area contributed by atoms with Crippen molar-refractivity contribution in [2.45, 2.75) is 46.1 Å². The maximum absolute atomic E-state index is 12.4. The molecule has 2 N–H and O–H groups in total. The van der Waals surface area contributed by atoms with Gasteiger partial charge in [-0.2, -0.15) is 0 Å². The number of rotatable bonds is 3. The summed E-state index contributed by atoms with van der Waals surface area (Å²) in [5, 5.41) is 15.1. The zero-order valence-electron chi connectivity index (χ0n) is 12.5. The first-order valence-electron chi connectivity index (χ1n) is 7.19. The van der Waals surface area contributed by atoms with Crippen LogP contribution in [0, 0.1) is 16.7 Å². The van der Waals surface area contributed by atoms with Crippen LogP contribution in [0.4, 0.5) is 5.13 Å². The van der Waals surface area contributed by atoms with Crippen molar-refractivity contribution in [3.05, 3.63) is 5.01 Å². The molecule has 2 aliphatic rings. The number of nitrogens with zero attached hydrogens (tertiary/aromatic N) is 2. The van der Waals surface area contributed by atoms with Crippen molar-refractivity contribution in [1.82, 2.24) is 15.5 Å². The van der Waals surface area contributed by atoms with Crippen LogP contribution >= 0.6 is 11.3 Å². The number of nitrogens with one attached hydrogen (secondary N) is 2. The average Bonchev–Trinajstić information content (AvgIpc) is 3.05. The molecule has 1 aromatic heterocycles. The van der Waals surface area contributed by atoms with E-state index in [1.165, 1.54) is 30.6 Å². The van der Waals surface area contributed by atoms with Crippen molar-refractivity contribution in [3.8, 4) is 0 Å². The number of carbonyl (C=O) groups excluding carboxylic acids is 1. The van der Waals surface area contributed by atoms with E-state index in [0.29, 0.717) is 10.1 Å². The number of fused-ring (bicyclic) bond motifs is 2. The second kappa shape index (κ2) is 4.41. The van der Waals surface area contributed by atoms with Crippen molar-refractivity contribution >= 4 is 22.4 Å². The lowest BCUT2D eigenvalue weighted by Gasteiger charge is -2.42. The largest absolute Gasteiger partial charge is 0.363 e. The van der Waals surface area contributed by atoms with Gasteiger partial charge in [0, 0.05) is 13.1 Å². The molecule has 0 spiro atoms. The van der Waals surface area contributed by atoms with E-state index in [1.54, 1.807) is 7.05 Å². The molecule has 5 nitrogen and oxygen atoms in total. The van der Waals surface area contributed by atoms with E-state index >= 15 is 0 Å². The molecule has 2 fully saturated rings. The molecule has 3 unspecified atom stereocenters. The van der Waals surface area contributed by atoms with Crippen LogP contribution in [0.2, 0.25) is 0 Å². The molecule has 2 aliphatic carbocycles. The minimum absolute atomic E-state index is 0.0872. The van der Waals surface area contributed by atoms with Gasteiger partial charge in [0.15, 0.2) is 0 Å². The zero-order valence-corrected chi connectivity index (χ0v) is 13.3. The second-order valence-electron chi connectivity index (χ2n) is 6.98. The van der Waals surface area contributed by atoms with Gasteiger partial charge >= 0.3 is 0 Å². The Hall–Kier alpha value is -1.17. The standard InChI is InChI=1S/C14H22N4OS/c1-13(2)8-5-6-14(3,7-8)11(13)16-9(19)10-17-18-12(15-4)20-10/h8,11H,5-7H2,1-4H3,(H,15,18)(H,16,19). The highest BCUT2D eigenvalue weighted by Gasteiger charge is 2.59. The molecular weight excluding hydrogens is 272 g/mol. The third kappa shape index (κ3) is 1.92. The van der Waals surface area contributed by atoms with Crippen molar-refractivity contribution in [1.29, 1.82) is 0 Å². The summed E-state index contributed by atoms with van der Waals surface area (Å²) in [6.07, 6.45) is 3.73. The van der Waals surface area contributed by atoms with Crippen molar-refractivity contribution in [2.75, 3.05) is 12.4 Å². The Morgan fingerprint density at radius 1 is 1.35 bits per heavy atom. The molecule has 20 heavy (non-hydrogen) atoms. The summed E-state index contributed by atoms with van der Waals surface area (Å²) in [6, 6.07) is 0.225. The van der Waals surface area contributed by atoms with E-state index < -0.39 is 0 Å². The maximum atomic E-state index is 12.4. The molecule has 3 rings (SSSR count). The van der Waals surface area contributed by atoms with Crippen LogP contribution in [0.15, 0.2) is 0 Å². The van der Waals surface area contributed by atoms with Gasteiger partial charge < -0.3 is 10.6 Å². The zero-order chi connectivity index (χ0) is 14.5. The first-order valence-corrected chi connectivity index (χ1v) is 8.00. The van der Waals surface area contributed by atoms with Gasteiger partial charge in [-0.15, -0.1) is 10.2 Å². The highest BCUT2D eigenvalue weighted by atomic mass is 32.1. The van der Waals surface area contributed by atoms with Crippen LogP contribution in [0.1, 0.15) is 49.8 Å². The molecule has 1 heterocycles. The predicted octanol–water partition coefficient (Wildman–Crippen LogP) is 2.52. The Labute approximate surface area is 123 Å². The minimum Gasteiger partial charge on any atom is -0.363 e. The van der Waals surface area contributed by atoms with Crippen molar-refractivity contribution in [3.63, 3.8) is 0 Å². The summed E-state index contributed by atoms with van der Waals surface area (Å²) in [4.78, 5) is 12.4. The minimum atomic E-state index is -0.0872. The number of aromatic nitrogens is 2. The van der Waals surface area contributed by atoms with E-state index in [-0.39, 0.29) is 22.8 Å². The monoisotopic (exact) mass is 294 g/mol. The normalized spacial score (nSPS) is 34.2. The lowest BCUT2D eigenvalue weighted by Crippen LogP contribution is -2.52. The summed E-state index contributed by atoms with van der Waals surface area (Å²) in [7, 11) is 1.78. The first kappa shape index (κ1) is 13.8. The van der Waals surface area contributed by atoms with E-state index in [1.807, 2.05) is 0 Å². The third-order valence-electron chi connectivity index (χ3n) is 5.38. The smallest absolute Gasteiger partial charge is 0.282 e. The molecule has 1 aromatic rings. The lowest BCUT2D eigenvalue weighted by atomic mass is 9.68. The second-order valence-corrected chi connectivity index (χ2v) is 7.96. The van der Waals surface area contributed by atoms with Gasteiger partial charge in [0.1, 0.15) is 0 Å². The SMILES string of the molecule is CNc1nnc(C(=O)NC2C3(C)CCC(C3)C2(C)C)s1. The fraction of sp³-hybridized carbons (Fsp3) is 0.786. The summed E-state index contributed by atoms with van der Waals surface area (Å²) in [6.45, 7) is 6.88. The number of carbonyl (C=O) groups is 1. The molecule has 2 saturated carbocycles. The molecule has 1 amide bonds. The topological polar surface area (TPSA) is 66.9 Å². The van der Waals surface area contributed by atoms with Crippen LogP contribution in [0.5, 0.6) is 0 Å². The third-order valence-corrected chi connectivity index (χ3v) is 6.32. The molecule has 2 bridgehead atoms. The highest BCUT2D eigenvalue weighted by molar-refractivity contribution is 7.17. The maximum Gasteiger partial charge on any atom is 0.282 e. The number of amides is 1. The Morgan fingerprint density at radius 3 is 2.65 bits per heavy atom. The highest BCUT2D eigenvalue weighted by Crippen LogP contribution is 2.62. The van der Waals surface area contributed by atoms with Gasteiger partial charge in [0.05, 0.1) is 0 Å². The predicted molar refractivity (Wildman–Crippen MR) is 79.9 cm³/mol. The molecule has 0 aromatic carbocycles. The van der Waals surface area contributed by atoms with Gasteiger partial charge in [-0.1, -0.05) is 32.1 Å². The van der Waals surface area contributed by atoms with E-state index in [2.05, 4.69) is 41.6 Å². The molecule has 110 valence electrons. The fourth-order valence-electron chi connectivity index (χ4n) is 4.27.